The molecule has 1 aliphatic heterocycles. The minimum atomic E-state index is -0.423. The second-order valence-electron chi connectivity index (χ2n) is 4.97. The average Bonchev–Trinajstić information content (AvgIpc) is 2.82. The maximum Gasteiger partial charge on any atom is 0.234 e. The van der Waals surface area contributed by atoms with E-state index in [-0.39, 0.29) is 22.6 Å². The molecule has 1 heterocycles. The van der Waals surface area contributed by atoms with Crippen LogP contribution in [0.2, 0.25) is 0 Å². The third-order valence-electron chi connectivity index (χ3n) is 3.87. The highest BCUT2D eigenvalue weighted by atomic mass is 79.9. The fourth-order valence-electron chi connectivity index (χ4n) is 2.87. The number of hydrogen-bond donors (Lipinski definition) is 0. The van der Waals surface area contributed by atoms with Crippen molar-refractivity contribution in [3.05, 3.63) is 29.8 Å². The van der Waals surface area contributed by atoms with Crippen LogP contribution in [-0.4, -0.2) is 34.6 Å². The van der Waals surface area contributed by atoms with Gasteiger partial charge in [0.1, 0.15) is 17.7 Å². The Morgan fingerprint density at radius 3 is 2.58 bits per heavy atom. The van der Waals surface area contributed by atoms with E-state index in [1.807, 2.05) is 24.3 Å². The molecule has 1 aromatic carbocycles. The van der Waals surface area contributed by atoms with E-state index in [9.17, 15) is 9.59 Å². The number of methoxy groups -OCH3 is 1. The van der Waals surface area contributed by atoms with E-state index in [1.165, 1.54) is 0 Å². The highest BCUT2D eigenvalue weighted by Gasteiger charge is 2.56. The van der Waals surface area contributed by atoms with Crippen LogP contribution in [0, 0.1) is 5.92 Å². The van der Waals surface area contributed by atoms with Crippen molar-refractivity contribution in [1.29, 1.82) is 0 Å². The lowest BCUT2D eigenvalue weighted by atomic mass is 10.1. The Balaban J connectivity index is 1.79. The lowest BCUT2D eigenvalue weighted by molar-refractivity contribution is -0.134. The molecule has 0 radical (unpaired) electrons. The van der Waals surface area contributed by atoms with Crippen molar-refractivity contribution in [2.75, 3.05) is 7.11 Å². The first kappa shape index (κ1) is 12.7. The molecular formula is C14H14BrNO3. The first-order chi connectivity index (χ1) is 9.11. The van der Waals surface area contributed by atoms with Crippen LogP contribution in [0.5, 0.6) is 5.75 Å². The normalized spacial score (nSPS) is 29.2. The summed E-state index contributed by atoms with van der Waals surface area (Å²) in [7, 11) is 1.62. The van der Waals surface area contributed by atoms with Crippen LogP contribution in [-0.2, 0) is 16.1 Å². The van der Waals surface area contributed by atoms with Crippen molar-refractivity contribution in [3.8, 4) is 5.75 Å². The topological polar surface area (TPSA) is 46.6 Å². The molecule has 2 bridgehead atoms. The van der Waals surface area contributed by atoms with Gasteiger partial charge >= 0.3 is 0 Å². The molecule has 1 aromatic rings. The number of piperidine rings is 1. The Labute approximate surface area is 119 Å². The summed E-state index contributed by atoms with van der Waals surface area (Å²) in [5.74, 6) is 0.405. The molecule has 0 spiro atoms. The van der Waals surface area contributed by atoms with Crippen molar-refractivity contribution in [2.24, 2.45) is 5.92 Å². The predicted molar refractivity (Wildman–Crippen MR) is 73.2 cm³/mol. The van der Waals surface area contributed by atoms with Gasteiger partial charge in [-0.2, -0.15) is 0 Å². The maximum atomic E-state index is 12.1. The fraction of sp³-hybridized carbons (Fsp3) is 0.429. The molecule has 3 rings (SSSR count). The molecule has 1 saturated heterocycles. The van der Waals surface area contributed by atoms with Gasteiger partial charge in [-0.3, -0.25) is 9.59 Å². The third kappa shape index (κ3) is 1.96. The number of nitrogens with zero attached hydrogens (tertiary/aromatic N) is 1. The number of hydrogen-bond acceptors (Lipinski definition) is 3. The lowest BCUT2D eigenvalue weighted by Gasteiger charge is -2.29. The molecule has 2 fully saturated rings. The number of fused-ring (bicyclic) bond motifs is 2. The molecule has 100 valence electrons. The molecular weight excluding hydrogens is 310 g/mol. The smallest absolute Gasteiger partial charge is 0.234 e. The van der Waals surface area contributed by atoms with E-state index in [2.05, 4.69) is 15.9 Å². The second kappa shape index (κ2) is 4.63. The van der Waals surface area contributed by atoms with Crippen molar-refractivity contribution in [1.82, 2.24) is 4.90 Å². The minimum absolute atomic E-state index is 0.0264. The number of carbonyl (C=O) groups excluding carboxylic acids is 2. The van der Waals surface area contributed by atoms with Crippen molar-refractivity contribution >= 4 is 27.6 Å². The summed E-state index contributed by atoms with van der Waals surface area (Å²) in [5, 5.41) is 0. The summed E-state index contributed by atoms with van der Waals surface area (Å²) >= 11 is 3.51. The van der Waals surface area contributed by atoms with Crippen molar-refractivity contribution in [3.63, 3.8) is 0 Å². The number of ether oxygens (including phenoxy) is 1. The number of amides is 1. The number of alkyl halides is 1. The van der Waals surface area contributed by atoms with E-state index in [1.54, 1.807) is 12.0 Å². The zero-order chi connectivity index (χ0) is 13.6. The first-order valence-electron chi connectivity index (χ1n) is 6.23. The quantitative estimate of drug-likeness (QED) is 0.629. The SMILES string of the molecule is COc1ccc(CN2C(=O)[C@H]3C[C@H](Br)[C@@H]2C3=O)cc1. The third-order valence-corrected chi connectivity index (χ3v) is 4.74. The molecule has 1 aliphatic carbocycles. The number of Topliss-reactive ketones (excluding diaryl/α,β-unsaturated/α-hetero) is 1. The average molecular weight is 324 g/mol. The Bertz CT molecular complexity index is 528. The van der Waals surface area contributed by atoms with Crippen LogP contribution in [0.4, 0.5) is 0 Å². The van der Waals surface area contributed by atoms with Crippen LogP contribution < -0.4 is 4.74 Å². The predicted octanol–water partition coefficient (Wildman–Crippen LogP) is 1.76. The van der Waals surface area contributed by atoms with Crippen LogP contribution in [0.15, 0.2) is 24.3 Å². The molecule has 0 N–H and O–H groups in total. The van der Waals surface area contributed by atoms with Gasteiger partial charge in [0.15, 0.2) is 5.78 Å². The number of rotatable bonds is 3. The standard InChI is InChI=1S/C14H14BrNO3/c1-19-9-4-2-8(3-5-9)7-16-12-11(15)6-10(13(12)17)14(16)18/h2-5,10-12H,6-7H2,1H3/t10-,11-,12+/m0/s1. The van der Waals surface area contributed by atoms with Crippen LogP contribution in [0.1, 0.15) is 12.0 Å². The molecule has 0 unspecified atom stereocenters. The molecule has 1 amide bonds. The summed E-state index contributed by atoms with van der Waals surface area (Å²) in [4.78, 5) is 25.9. The maximum absolute atomic E-state index is 12.1. The minimum Gasteiger partial charge on any atom is -0.497 e. The summed E-state index contributed by atoms with van der Waals surface area (Å²) in [6.45, 7) is 0.484. The second-order valence-corrected chi connectivity index (χ2v) is 6.14. The molecule has 3 atom stereocenters. The highest BCUT2D eigenvalue weighted by Crippen LogP contribution is 2.40. The van der Waals surface area contributed by atoms with Gasteiger partial charge < -0.3 is 9.64 Å². The fourth-order valence-corrected chi connectivity index (χ4v) is 3.79. The summed E-state index contributed by atoms with van der Waals surface area (Å²) < 4.78 is 5.10. The van der Waals surface area contributed by atoms with Crippen LogP contribution >= 0.6 is 15.9 Å². The summed E-state index contributed by atoms with van der Waals surface area (Å²) in [5.41, 5.74) is 1.01. The van der Waals surface area contributed by atoms with Crippen LogP contribution in [0.3, 0.4) is 0 Å². The van der Waals surface area contributed by atoms with Gasteiger partial charge in [-0.05, 0) is 24.1 Å². The lowest BCUT2D eigenvalue weighted by Crippen LogP contribution is -2.42. The van der Waals surface area contributed by atoms with Crippen molar-refractivity contribution in [2.45, 2.75) is 23.8 Å². The van der Waals surface area contributed by atoms with Gasteiger partial charge in [0.2, 0.25) is 5.91 Å². The number of benzene rings is 1. The highest BCUT2D eigenvalue weighted by molar-refractivity contribution is 9.09. The zero-order valence-corrected chi connectivity index (χ0v) is 12.1. The summed E-state index contributed by atoms with van der Waals surface area (Å²) in [6.07, 6.45) is 0.640. The Morgan fingerprint density at radius 1 is 1.32 bits per heavy atom. The number of halogens is 1. The number of likely N-dealkylation sites (tertiary alicyclic amines) is 1. The van der Waals surface area contributed by atoms with Gasteiger partial charge in [-0.15, -0.1) is 0 Å². The van der Waals surface area contributed by atoms with Gasteiger partial charge in [0, 0.05) is 11.4 Å². The Kier molecular flexibility index (Phi) is 3.09. The number of ketones is 1. The largest absolute Gasteiger partial charge is 0.497 e. The van der Waals surface area contributed by atoms with Gasteiger partial charge in [0.05, 0.1) is 7.11 Å². The zero-order valence-electron chi connectivity index (χ0n) is 10.5. The van der Waals surface area contributed by atoms with Gasteiger partial charge in [0.25, 0.3) is 0 Å². The van der Waals surface area contributed by atoms with E-state index in [0.717, 1.165) is 11.3 Å². The number of carbonyl (C=O) groups is 2. The molecule has 2 aliphatic rings. The molecule has 4 nitrogen and oxygen atoms in total. The van der Waals surface area contributed by atoms with Gasteiger partial charge in [-0.1, -0.05) is 28.1 Å². The van der Waals surface area contributed by atoms with E-state index in [0.29, 0.717) is 13.0 Å². The monoisotopic (exact) mass is 323 g/mol. The van der Waals surface area contributed by atoms with E-state index in [4.69, 9.17) is 4.74 Å². The molecule has 1 saturated carbocycles. The summed E-state index contributed by atoms with van der Waals surface area (Å²) in [6, 6.07) is 7.28. The Morgan fingerprint density at radius 2 is 2.00 bits per heavy atom. The first-order valence-corrected chi connectivity index (χ1v) is 7.14. The van der Waals surface area contributed by atoms with Crippen LogP contribution in [0.25, 0.3) is 0 Å². The van der Waals surface area contributed by atoms with Crippen molar-refractivity contribution < 1.29 is 14.3 Å². The van der Waals surface area contributed by atoms with E-state index < -0.39 is 5.92 Å². The molecule has 0 aromatic heterocycles. The van der Waals surface area contributed by atoms with Gasteiger partial charge in [-0.25, -0.2) is 0 Å². The Hall–Kier alpha value is -1.36. The van der Waals surface area contributed by atoms with E-state index >= 15 is 0 Å². The molecule has 19 heavy (non-hydrogen) atoms. The molecule has 5 heteroatoms.